The van der Waals surface area contributed by atoms with E-state index in [0.717, 1.165) is 12.8 Å². The number of amides is 1. The molecule has 2 atom stereocenters. The Labute approximate surface area is 203 Å². The molecule has 8 nitrogen and oxygen atoms in total. The molecule has 1 fully saturated rings. The second kappa shape index (κ2) is 9.03. The van der Waals surface area contributed by atoms with Gasteiger partial charge in [-0.2, -0.15) is 0 Å². The summed E-state index contributed by atoms with van der Waals surface area (Å²) in [6.07, 6.45) is 2.19. The molecule has 2 aromatic carbocycles. The first kappa shape index (κ1) is 23.4. The van der Waals surface area contributed by atoms with Gasteiger partial charge in [0, 0.05) is 6.04 Å². The number of ether oxygens (including phenoxy) is 2. The van der Waals surface area contributed by atoms with E-state index < -0.39 is 27.8 Å². The summed E-state index contributed by atoms with van der Waals surface area (Å²) in [5.74, 6) is 0.383. The van der Waals surface area contributed by atoms with Crippen molar-refractivity contribution in [1.29, 1.82) is 0 Å². The number of methoxy groups -OCH3 is 1. The summed E-state index contributed by atoms with van der Waals surface area (Å²) in [5, 5.41) is 0.372. The molecule has 1 aromatic heterocycles. The maximum atomic E-state index is 13.6. The van der Waals surface area contributed by atoms with Crippen LogP contribution in [0.5, 0.6) is 11.5 Å². The smallest absolute Gasteiger partial charge is 0.291 e. The van der Waals surface area contributed by atoms with E-state index in [0.29, 0.717) is 41.1 Å². The van der Waals surface area contributed by atoms with Crippen LogP contribution < -0.4 is 14.9 Å². The van der Waals surface area contributed by atoms with E-state index in [2.05, 4.69) is 6.92 Å². The maximum Gasteiger partial charge on any atom is 0.291 e. The minimum atomic E-state index is -3.28. The summed E-state index contributed by atoms with van der Waals surface area (Å²) in [7, 11) is -1.75. The number of hydrogen-bond donors (Lipinski definition) is 0. The van der Waals surface area contributed by atoms with Crippen molar-refractivity contribution in [2.24, 2.45) is 0 Å². The lowest BCUT2D eigenvalue weighted by Crippen LogP contribution is -2.40. The van der Waals surface area contributed by atoms with Gasteiger partial charge < -0.3 is 18.8 Å². The number of fused-ring (bicyclic) bond motifs is 2. The van der Waals surface area contributed by atoms with Crippen LogP contribution in [-0.2, 0) is 9.84 Å². The summed E-state index contributed by atoms with van der Waals surface area (Å²) in [6, 6.07) is 10.7. The molecule has 0 radical (unpaired) electrons. The van der Waals surface area contributed by atoms with E-state index in [9.17, 15) is 18.0 Å². The third kappa shape index (κ3) is 4.07. The van der Waals surface area contributed by atoms with Crippen molar-refractivity contribution in [2.45, 2.75) is 38.3 Å². The maximum absolute atomic E-state index is 13.6. The molecular formula is C26H27NO7S. The molecule has 0 aliphatic carbocycles. The predicted octanol–water partition coefficient (Wildman–Crippen LogP) is 3.71. The standard InChI is InChI=1S/C26H27NO7S/c1-3-4-12-33-20-10-9-16(14-21(20)32-2)23-22-24(28)18-7-5-6-8-19(18)34-25(22)26(29)27(23)17-11-13-35(30,31)15-17/h5-10,14,17,23H,3-4,11-13,15H2,1-2H3/t17-,23+/m0/s1. The minimum absolute atomic E-state index is 0.00138. The fraction of sp³-hybridized carbons (Fsp3) is 0.385. The lowest BCUT2D eigenvalue weighted by molar-refractivity contribution is 0.0662. The molecule has 3 aromatic rings. The number of rotatable bonds is 7. The van der Waals surface area contributed by atoms with Crippen molar-refractivity contribution in [2.75, 3.05) is 25.2 Å². The zero-order chi connectivity index (χ0) is 24.7. The van der Waals surface area contributed by atoms with Gasteiger partial charge in [-0.3, -0.25) is 9.59 Å². The third-order valence-corrected chi connectivity index (χ3v) is 8.42. The van der Waals surface area contributed by atoms with Crippen LogP contribution >= 0.6 is 0 Å². The van der Waals surface area contributed by atoms with Crippen LogP contribution in [0.25, 0.3) is 11.0 Å². The first-order chi connectivity index (χ1) is 16.8. The van der Waals surface area contributed by atoms with Crippen molar-refractivity contribution < 1.29 is 27.1 Å². The monoisotopic (exact) mass is 497 g/mol. The molecule has 0 unspecified atom stereocenters. The van der Waals surface area contributed by atoms with E-state index >= 15 is 0 Å². The summed E-state index contributed by atoms with van der Waals surface area (Å²) in [4.78, 5) is 28.7. The average Bonchev–Trinajstić information content (AvgIpc) is 3.35. The highest BCUT2D eigenvalue weighted by Crippen LogP contribution is 2.43. The molecule has 9 heteroatoms. The molecule has 1 saturated heterocycles. The van der Waals surface area contributed by atoms with Gasteiger partial charge in [0.1, 0.15) is 5.58 Å². The summed E-state index contributed by atoms with van der Waals surface area (Å²) < 4.78 is 41.9. The van der Waals surface area contributed by atoms with Crippen LogP contribution in [0.4, 0.5) is 0 Å². The molecule has 0 bridgehead atoms. The topological polar surface area (TPSA) is 103 Å². The van der Waals surface area contributed by atoms with E-state index in [-0.39, 0.29) is 28.3 Å². The van der Waals surface area contributed by atoms with Crippen LogP contribution in [0.3, 0.4) is 0 Å². The quantitative estimate of drug-likeness (QED) is 0.459. The first-order valence-corrected chi connectivity index (χ1v) is 13.6. The molecule has 5 rings (SSSR count). The summed E-state index contributed by atoms with van der Waals surface area (Å²) in [5.41, 5.74) is 0.871. The van der Waals surface area contributed by atoms with Gasteiger partial charge in [0.05, 0.1) is 42.2 Å². The lowest BCUT2D eigenvalue weighted by Gasteiger charge is -2.30. The van der Waals surface area contributed by atoms with Gasteiger partial charge in [-0.05, 0) is 42.7 Å². The molecule has 0 saturated carbocycles. The van der Waals surface area contributed by atoms with E-state index in [4.69, 9.17) is 13.9 Å². The molecular weight excluding hydrogens is 470 g/mol. The average molecular weight is 498 g/mol. The Morgan fingerprint density at radius 2 is 1.91 bits per heavy atom. The first-order valence-electron chi connectivity index (χ1n) is 11.7. The fourth-order valence-corrected chi connectivity index (χ4v) is 6.65. The molecule has 0 N–H and O–H groups in total. The van der Waals surface area contributed by atoms with Crippen LogP contribution in [0.1, 0.15) is 53.9 Å². The number of unbranched alkanes of at least 4 members (excludes halogenated alkanes) is 1. The van der Waals surface area contributed by atoms with Crippen molar-refractivity contribution >= 4 is 26.7 Å². The Hall–Kier alpha value is -3.33. The van der Waals surface area contributed by atoms with Crippen LogP contribution in [-0.4, -0.2) is 50.5 Å². The zero-order valence-electron chi connectivity index (χ0n) is 19.7. The zero-order valence-corrected chi connectivity index (χ0v) is 20.5. The van der Waals surface area contributed by atoms with E-state index in [1.807, 2.05) is 0 Å². The Bertz CT molecular complexity index is 1460. The van der Waals surface area contributed by atoms with Crippen molar-refractivity contribution in [3.63, 3.8) is 0 Å². The largest absolute Gasteiger partial charge is 0.493 e. The van der Waals surface area contributed by atoms with Crippen molar-refractivity contribution in [3.05, 3.63) is 69.6 Å². The van der Waals surface area contributed by atoms with Gasteiger partial charge in [-0.25, -0.2) is 8.42 Å². The van der Waals surface area contributed by atoms with Gasteiger partial charge >= 0.3 is 0 Å². The number of nitrogens with zero attached hydrogens (tertiary/aromatic N) is 1. The fourth-order valence-electron chi connectivity index (χ4n) is 4.94. The third-order valence-electron chi connectivity index (χ3n) is 6.67. The van der Waals surface area contributed by atoms with Gasteiger partial charge in [0.25, 0.3) is 5.91 Å². The Morgan fingerprint density at radius 3 is 2.63 bits per heavy atom. The molecule has 3 heterocycles. The van der Waals surface area contributed by atoms with Gasteiger partial charge in [-0.15, -0.1) is 0 Å². The summed E-state index contributed by atoms with van der Waals surface area (Å²) in [6.45, 7) is 2.61. The Morgan fingerprint density at radius 1 is 1.11 bits per heavy atom. The molecule has 184 valence electrons. The van der Waals surface area contributed by atoms with Crippen molar-refractivity contribution in [1.82, 2.24) is 4.90 Å². The SMILES string of the molecule is CCCCOc1ccc([C@@H]2c3c(oc4ccccc4c3=O)C(=O)N2[C@H]2CCS(=O)(=O)C2)cc1OC. The van der Waals surface area contributed by atoms with Crippen LogP contribution in [0.2, 0.25) is 0 Å². The summed E-state index contributed by atoms with van der Waals surface area (Å²) >= 11 is 0. The Balaban J connectivity index is 1.67. The van der Waals surface area contributed by atoms with E-state index in [1.54, 1.807) is 42.5 Å². The molecule has 35 heavy (non-hydrogen) atoms. The number of carbonyl (C=O) groups excluding carboxylic acids is 1. The Kier molecular flexibility index (Phi) is 6.04. The number of hydrogen-bond acceptors (Lipinski definition) is 7. The molecule has 2 aliphatic heterocycles. The molecule has 2 aliphatic rings. The highest BCUT2D eigenvalue weighted by atomic mass is 32.2. The number of benzene rings is 2. The highest BCUT2D eigenvalue weighted by Gasteiger charge is 2.48. The van der Waals surface area contributed by atoms with Crippen LogP contribution in [0.15, 0.2) is 51.7 Å². The predicted molar refractivity (Wildman–Crippen MR) is 131 cm³/mol. The lowest BCUT2D eigenvalue weighted by atomic mass is 9.97. The van der Waals surface area contributed by atoms with Gasteiger partial charge in [-0.1, -0.05) is 31.5 Å². The van der Waals surface area contributed by atoms with Crippen LogP contribution in [0, 0.1) is 0 Å². The van der Waals surface area contributed by atoms with Gasteiger partial charge in [0.15, 0.2) is 26.8 Å². The molecule has 0 spiro atoms. The second-order valence-corrected chi connectivity index (χ2v) is 11.2. The molecule has 1 amide bonds. The number of para-hydroxylation sites is 1. The minimum Gasteiger partial charge on any atom is -0.493 e. The second-order valence-electron chi connectivity index (χ2n) is 8.95. The normalized spacial score (nSPS) is 20.9. The van der Waals surface area contributed by atoms with E-state index in [1.165, 1.54) is 12.0 Å². The van der Waals surface area contributed by atoms with Crippen molar-refractivity contribution in [3.8, 4) is 11.5 Å². The number of sulfone groups is 1. The number of carbonyl (C=O) groups is 1. The van der Waals surface area contributed by atoms with Gasteiger partial charge in [0.2, 0.25) is 5.76 Å². The highest BCUT2D eigenvalue weighted by molar-refractivity contribution is 7.91.